The minimum atomic E-state index is -4.86. The van der Waals surface area contributed by atoms with Crippen LogP contribution >= 0.6 is 0 Å². The molecular weight excluding hydrogens is 265 g/mol. The van der Waals surface area contributed by atoms with E-state index in [2.05, 4.69) is 5.32 Å². The van der Waals surface area contributed by atoms with Gasteiger partial charge in [-0.2, -0.15) is 13.2 Å². The summed E-state index contributed by atoms with van der Waals surface area (Å²) < 4.78 is 38.6. The molecule has 2 N–H and O–H groups in total. The quantitative estimate of drug-likeness (QED) is 0.773. The average molecular weight is 282 g/mol. The zero-order valence-electron chi connectivity index (χ0n) is 10.6. The molecule has 0 spiro atoms. The molecule has 1 aliphatic heterocycles. The number of hydrogen-bond donors (Lipinski definition) is 2. The number of rotatable bonds is 4. The van der Waals surface area contributed by atoms with Gasteiger partial charge in [0.25, 0.3) is 0 Å². The first-order valence-electron chi connectivity index (χ1n) is 6.07. The molecule has 0 saturated carbocycles. The van der Waals surface area contributed by atoms with Gasteiger partial charge in [-0.05, 0) is 12.8 Å². The number of nitrogens with zero attached hydrogens (tertiary/aromatic N) is 1. The van der Waals surface area contributed by atoms with E-state index >= 15 is 0 Å². The van der Waals surface area contributed by atoms with Crippen molar-refractivity contribution in [3.8, 4) is 0 Å². The van der Waals surface area contributed by atoms with Crippen molar-refractivity contribution in [2.24, 2.45) is 5.41 Å². The van der Waals surface area contributed by atoms with Gasteiger partial charge in [-0.25, -0.2) is 4.79 Å². The van der Waals surface area contributed by atoms with Crippen LogP contribution in [0.2, 0.25) is 0 Å². The predicted molar refractivity (Wildman–Crippen MR) is 60.6 cm³/mol. The summed E-state index contributed by atoms with van der Waals surface area (Å²) in [4.78, 5) is 23.4. The van der Waals surface area contributed by atoms with Gasteiger partial charge in [-0.1, -0.05) is 13.3 Å². The lowest BCUT2D eigenvalue weighted by atomic mass is 9.86. The van der Waals surface area contributed by atoms with Crippen molar-refractivity contribution in [3.05, 3.63) is 0 Å². The van der Waals surface area contributed by atoms with E-state index in [9.17, 15) is 22.8 Å². The van der Waals surface area contributed by atoms with Crippen LogP contribution in [0.25, 0.3) is 0 Å². The standard InChI is InChI=1S/C11H17F3N2O3/c1-2-3-5-15-9(19)16-6-4-10(7-16,8(17)18)11(12,13)14/h2-7H2,1H3,(H,15,19)(H,17,18). The molecule has 110 valence electrons. The van der Waals surface area contributed by atoms with Gasteiger partial charge in [0.1, 0.15) is 0 Å². The average Bonchev–Trinajstić information content (AvgIpc) is 2.74. The van der Waals surface area contributed by atoms with E-state index in [4.69, 9.17) is 5.11 Å². The predicted octanol–water partition coefficient (Wildman–Crippen LogP) is 1.84. The lowest BCUT2D eigenvalue weighted by Crippen LogP contribution is -2.49. The third-order valence-corrected chi connectivity index (χ3v) is 3.32. The second kappa shape index (κ2) is 5.66. The maximum atomic E-state index is 12.9. The number of carbonyl (C=O) groups excluding carboxylic acids is 1. The number of aliphatic carboxylic acids is 1. The molecule has 19 heavy (non-hydrogen) atoms. The fourth-order valence-corrected chi connectivity index (χ4v) is 1.99. The molecule has 1 aliphatic rings. The second-order valence-electron chi connectivity index (χ2n) is 4.64. The highest BCUT2D eigenvalue weighted by Gasteiger charge is 2.64. The van der Waals surface area contributed by atoms with Gasteiger partial charge in [0.05, 0.1) is 0 Å². The highest BCUT2D eigenvalue weighted by atomic mass is 19.4. The fourth-order valence-electron chi connectivity index (χ4n) is 1.99. The number of alkyl halides is 3. The van der Waals surface area contributed by atoms with Crippen molar-refractivity contribution in [1.29, 1.82) is 0 Å². The maximum absolute atomic E-state index is 12.9. The van der Waals surface area contributed by atoms with Gasteiger partial charge in [-0.15, -0.1) is 0 Å². The van der Waals surface area contributed by atoms with E-state index in [0.717, 1.165) is 17.7 Å². The highest BCUT2D eigenvalue weighted by Crippen LogP contribution is 2.45. The number of halogens is 3. The van der Waals surface area contributed by atoms with Gasteiger partial charge in [0.2, 0.25) is 0 Å². The Bertz CT molecular complexity index is 360. The van der Waals surface area contributed by atoms with Crippen LogP contribution in [-0.4, -0.2) is 47.8 Å². The molecule has 0 aromatic rings. The summed E-state index contributed by atoms with van der Waals surface area (Å²) in [6.07, 6.45) is -3.89. The summed E-state index contributed by atoms with van der Waals surface area (Å²) in [7, 11) is 0. The van der Waals surface area contributed by atoms with Crippen LogP contribution in [0.15, 0.2) is 0 Å². The summed E-state index contributed by atoms with van der Waals surface area (Å²) in [5.41, 5.74) is -2.84. The number of nitrogens with one attached hydrogen (secondary N) is 1. The number of carbonyl (C=O) groups is 2. The Hall–Kier alpha value is -1.47. The van der Waals surface area contributed by atoms with Crippen LogP contribution in [-0.2, 0) is 4.79 Å². The number of likely N-dealkylation sites (tertiary alicyclic amines) is 1. The van der Waals surface area contributed by atoms with Gasteiger partial charge in [0, 0.05) is 19.6 Å². The smallest absolute Gasteiger partial charge is 0.406 e. The first-order valence-corrected chi connectivity index (χ1v) is 6.07. The Balaban J connectivity index is 2.70. The zero-order chi connectivity index (χ0) is 14.7. The number of urea groups is 1. The van der Waals surface area contributed by atoms with Gasteiger partial charge >= 0.3 is 18.2 Å². The molecule has 0 radical (unpaired) electrons. The van der Waals surface area contributed by atoms with Crippen LogP contribution in [0, 0.1) is 5.41 Å². The topological polar surface area (TPSA) is 69.6 Å². The van der Waals surface area contributed by atoms with E-state index in [1.54, 1.807) is 0 Å². The van der Waals surface area contributed by atoms with Gasteiger partial charge < -0.3 is 15.3 Å². The summed E-state index contributed by atoms with van der Waals surface area (Å²) in [5, 5.41) is 11.3. The summed E-state index contributed by atoms with van der Waals surface area (Å²) in [5.74, 6) is -1.93. The number of unbranched alkanes of at least 4 members (excludes halogenated alkanes) is 1. The van der Waals surface area contributed by atoms with E-state index in [0.29, 0.717) is 6.54 Å². The Morgan fingerprint density at radius 2 is 2.05 bits per heavy atom. The molecule has 0 aliphatic carbocycles. The van der Waals surface area contributed by atoms with E-state index in [1.807, 2.05) is 6.92 Å². The minimum absolute atomic E-state index is 0.205. The molecule has 0 bridgehead atoms. The summed E-state index contributed by atoms with van der Waals surface area (Å²) in [6, 6.07) is -0.638. The normalized spacial score (nSPS) is 23.5. The maximum Gasteiger partial charge on any atom is 0.406 e. The molecule has 1 rings (SSSR count). The molecule has 1 heterocycles. The largest absolute Gasteiger partial charge is 0.481 e. The number of hydrogen-bond acceptors (Lipinski definition) is 2. The lowest BCUT2D eigenvalue weighted by Gasteiger charge is -2.27. The first-order chi connectivity index (χ1) is 8.74. The SMILES string of the molecule is CCCCNC(=O)N1CCC(C(=O)O)(C(F)(F)F)C1. The van der Waals surface area contributed by atoms with Crippen molar-refractivity contribution in [2.45, 2.75) is 32.4 Å². The van der Waals surface area contributed by atoms with Crippen LogP contribution in [0.1, 0.15) is 26.2 Å². The van der Waals surface area contributed by atoms with E-state index in [1.165, 1.54) is 0 Å². The number of carboxylic acids is 1. The fraction of sp³-hybridized carbons (Fsp3) is 0.818. The highest BCUT2D eigenvalue weighted by molar-refractivity contribution is 5.80. The number of carboxylic acid groups (broad SMARTS) is 1. The Morgan fingerprint density at radius 3 is 2.47 bits per heavy atom. The lowest BCUT2D eigenvalue weighted by molar-refractivity contribution is -0.226. The summed E-state index contributed by atoms with van der Waals surface area (Å²) >= 11 is 0. The molecule has 0 aromatic heterocycles. The van der Waals surface area contributed by atoms with Gasteiger partial charge in [-0.3, -0.25) is 4.79 Å². The van der Waals surface area contributed by atoms with Crippen molar-refractivity contribution >= 4 is 12.0 Å². The molecule has 2 amide bonds. The van der Waals surface area contributed by atoms with Crippen molar-refractivity contribution in [1.82, 2.24) is 10.2 Å². The Kier molecular flexibility index (Phi) is 4.65. The molecule has 1 atom stereocenters. The van der Waals surface area contributed by atoms with Crippen LogP contribution in [0.3, 0.4) is 0 Å². The van der Waals surface area contributed by atoms with Crippen molar-refractivity contribution < 1.29 is 27.9 Å². The van der Waals surface area contributed by atoms with Crippen LogP contribution in [0.4, 0.5) is 18.0 Å². The second-order valence-corrected chi connectivity index (χ2v) is 4.64. The van der Waals surface area contributed by atoms with Crippen molar-refractivity contribution in [3.63, 3.8) is 0 Å². The minimum Gasteiger partial charge on any atom is -0.481 e. The molecule has 0 aromatic carbocycles. The van der Waals surface area contributed by atoms with Gasteiger partial charge in [0.15, 0.2) is 5.41 Å². The van der Waals surface area contributed by atoms with Crippen LogP contribution < -0.4 is 5.32 Å². The Morgan fingerprint density at radius 1 is 1.42 bits per heavy atom. The summed E-state index contributed by atoms with van der Waals surface area (Å²) in [6.45, 7) is 1.26. The van der Waals surface area contributed by atoms with E-state index < -0.39 is 36.6 Å². The Labute approximate surface area is 108 Å². The third-order valence-electron chi connectivity index (χ3n) is 3.32. The zero-order valence-corrected chi connectivity index (χ0v) is 10.6. The molecule has 8 heteroatoms. The van der Waals surface area contributed by atoms with Crippen LogP contribution in [0.5, 0.6) is 0 Å². The molecule has 1 saturated heterocycles. The molecule has 5 nitrogen and oxygen atoms in total. The monoisotopic (exact) mass is 282 g/mol. The number of amides is 2. The molecular formula is C11H17F3N2O3. The molecule has 1 unspecified atom stereocenters. The molecule has 1 fully saturated rings. The van der Waals surface area contributed by atoms with E-state index in [-0.39, 0.29) is 6.54 Å². The van der Waals surface area contributed by atoms with Crippen molar-refractivity contribution in [2.75, 3.05) is 19.6 Å². The first kappa shape index (κ1) is 15.6. The third kappa shape index (κ3) is 3.10.